The molecule has 2 amide bonds. The first-order valence-electron chi connectivity index (χ1n) is 10.1. The van der Waals surface area contributed by atoms with Crippen molar-refractivity contribution in [2.75, 3.05) is 10.6 Å². The smallest absolute Gasteiger partial charge is 0.308 e. The van der Waals surface area contributed by atoms with E-state index in [0.717, 1.165) is 41.8 Å². The van der Waals surface area contributed by atoms with E-state index in [1.165, 1.54) is 4.68 Å². The molecule has 156 valence electrons. The molecule has 3 aromatic rings. The Balaban J connectivity index is 1.68. The highest BCUT2D eigenvalue weighted by Crippen LogP contribution is 2.26. The number of carbonyl (C=O) groups excluding carboxylic acids is 1. The number of nitrogens with zero attached hydrogens (tertiary/aromatic N) is 3. The summed E-state index contributed by atoms with van der Waals surface area (Å²) in [4.78, 5) is 32.5. The van der Waals surface area contributed by atoms with Gasteiger partial charge in [-0.1, -0.05) is 38.5 Å². The van der Waals surface area contributed by atoms with Crippen LogP contribution in [-0.2, 0) is 18.3 Å². The first-order chi connectivity index (χ1) is 14.2. The van der Waals surface area contributed by atoms with Crippen molar-refractivity contribution in [3.05, 3.63) is 63.2 Å². The number of aromatic nitrogens is 4. The fourth-order valence-electron chi connectivity index (χ4n) is 3.44. The summed E-state index contributed by atoms with van der Waals surface area (Å²) in [5.74, 6) is 0.743. The number of H-pyrrole nitrogens is 1. The van der Waals surface area contributed by atoms with Crippen LogP contribution in [-0.4, -0.2) is 25.8 Å². The number of rotatable bonds is 3. The van der Waals surface area contributed by atoms with Gasteiger partial charge in [0.05, 0.1) is 11.4 Å². The molecule has 0 radical (unpaired) electrons. The largest absolute Gasteiger partial charge is 0.324 e. The average Bonchev–Trinajstić information content (AvgIpc) is 3.30. The quantitative estimate of drug-likeness (QED) is 0.617. The predicted molar refractivity (Wildman–Crippen MR) is 117 cm³/mol. The van der Waals surface area contributed by atoms with Gasteiger partial charge < -0.3 is 5.32 Å². The lowest BCUT2D eigenvalue weighted by atomic mass is 9.92. The summed E-state index contributed by atoms with van der Waals surface area (Å²) in [6.07, 6.45) is 2.44. The molecule has 4 rings (SSSR count). The lowest BCUT2D eigenvalue weighted by molar-refractivity contribution is 0.262. The lowest BCUT2D eigenvalue weighted by Crippen LogP contribution is -2.23. The van der Waals surface area contributed by atoms with Crippen molar-refractivity contribution < 1.29 is 4.79 Å². The number of fused-ring (bicyclic) bond motifs is 1. The number of nitrogens with one attached hydrogen (secondary N) is 3. The first-order valence-corrected chi connectivity index (χ1v) is 10.1. The topological polar surface area (TPSA) is 105 Å². The molecule has 0 unspecified atom stereocenters. The monoisotopic (exact) mass is 406 g/mol. The maximum Gasteiger partial charge on any atom is 0.324 e. The summed E-state index contributed by atoms with van der Waals surface area (Å²) < 4.78 is 1.50. The molecule has 8 nitrogen and oxygen atoms in total. The van der Waals surface area contributed by atoms with Crippen LogP contribution in [0.15, 0.2) is 35.1 Å². The molecule has 2 aromatic heterocycles. The molecule has 1 aromatic carbocycles. The number of aromatic amines is 1. The normalized spacial score (nSPS) is 13.2. The fraction of sp³-hybridized carbons (Fsp3) is 0.364. The molecule has 0 saturated heterocycles. The molecule has 0 atom stereocenters. The molecule has 0 aliphatic heterocycles. The van der Waals surface area contributed by atoms with E-state index in [0.29, 0.717) is 17.5 Å². The third-order valence-electron chi connectivity index (χ3n) is 5.16. The van der Waals surface area contributed by atoms with Crippen LogP contribution in [0.5, 0.6) is 0 Å². The molecule has 0 saturated carbocycles. The zero-order valence-corrected chi connectivity index (χ0v) is 17.7. The lowest BCUT2D eigenvalue weighted by Gasteiger charge is -2.14. The number of hydrogen-bond acceptors (Lipinski definition) is 4. The van der Waals surface area contributed by atoms with Crippen LogP contribution >= 0.6 is 0 Å². The van der Waals surface area contributed by atoms with Gasteiger partial charge in [-0.15, -0.1) is 0 Å². The molecule has 0 spiro atoms. The van der Waals surface area contributed by atoms with Crippen molar-refractivity contribution in [3.63, 3.8) is 0 Å². The van der Waals surface area contributed by atoms with Gasteiger partial charge in [0.25, 0.3) is 5.56 Å². The Morgan fingerprint density at radius 3 is 2.57 bits per heavy atom. The van der Waals surface area contributed by atoms with E-state index in [1.807, 2.05) is 58.0 Å². The molecular formula is C22H26N6O2. The van der Waals surface area contributed by atoms with E-state index in [-0.39, 0.29) is 11.0 Å². The summed E-state index contributed by atoms with van der Waals surface area (Å²) in [5, 5.41) is 10.3. The van der Waals surface area contributed by atoms with Gasteiger partial charge in [-0.3, -0.25) is 15.1 Å². The summed E-state index contributed by atoms with van der Waals surface area (Å²) in [7, 11) is 0. The van der Waals surface area contributed by atoms with E-state index in [9.17, 15) is 9.59 Å². The highest BCUT2D eigenvalue weighted by molar-refractivity contribution is 5.99. The van der Waals surface area contributed by atoms with Gasteiger partial charge >= 0.3 is 6.03 Å². The van der Waals surface area contributed by atoms with Gasteiger partial charge in [-0.25, -0.2) is 9.78 Å². The van der Waals surface area contributed by atoms with Crippen molar-refractivity contribution in [2.24, 2.45) is 0 Å². The van der Waals surface area contributed by atoms with E-state index < -0.39 is 6.03 Å². The number of hydrogen-bond donors (Lipinski definition) is 3. The number of amides is 2. The van der Waals surface area contributed by atoms with E-state index in [2.05, 4.69) is 25.7 Å². The first kappa shape index (κ1) is 19.9. The third kappa shape index (κ3) is 3.98. The van der Waals surface area contributed by atoms with Gasteiger partial charge in [0.15, 0.2) is 0 Å². The second-order valence-corrected chi connectivity index (χ2v) is 8.69. The second-order valence-electron chi connectivity index (χ2n) is 8.69. The minimum absolute atomic E-state index is 0.143. The van der Waals surface area contributed by atoms with Crippen molar-refractivity contribution in [1.29, 1.82) is 0 Å². The Morgan fingerprint density at radius 1 is 1.13 bits per heavy atom. The van der Waals surface area contributed by atoms with E-state index in [1.54, 1.807) is 0 Å². The SMILES string of the molecule is Cc1ccc(NC(=O)Nc2cc(C(C)(C)C)nn2-c2nc3c(c(=O)[nH]2)CCC3)cc1. The molecule has 0 fully saturated rings. The van der Waals surface area contributed by atoms with Gasteiger partial charge in [-0.05, 0) is 38.3 Å². The highest BCUT2D eigenvalue weighted by atomic mass is 16.2. The van der Waals surface area contributed by atoms with Gasteiger partial charge in [0.1, 0.15) is 5.82 Å². The van der Waals surface area contributed by atoms with Gasteiger partial charge in [0.2, 0.25) is 5.95 Å². The average molecular weight is 406 g/mol. The molecule has 0 bridgehead atoms. The Labute approximate surface area is 174 Å². The van der Waals surface area contributed by atoms with Crippen LogP contribution in [0, 0.1) is 6.92 Å². The third-order valence-corrected chi connectivity index (χ3v) is 5.16. The van der Waals surface area contributed by atoms with Crippen LogP contribution in [0.3, 0.4) is 0 Å². The Kier molecular flexibility index (Phi) is 4.93. The summed E-state index contributed by atoms with van der Waals surface area (Å²) >= 11 is 0. The van der Waals surface area contributed by atoms with E-state index in [4.69, 9.17) is 0 Å². The van der Waals surface area contributed by atoms with Crippen LogP contribution in [0.1, 0.15) is 49.7 Å². The van der Waals surface area contributed by atoms with Gasteiger partial charge in [-0.2, -0.15) is 9.78 Å². The molecule has 1 aliphatic carbocycles. The number of benzene rings is 1. The minimum atomic E-state index is -0.399. The maximum absolute atomic E-state index is 12.6. The standard InChI is InChI=1S/C22H26N6O2/c1-13-8-10-14(11-9-13)23-21(30)25-18-12-17(22(2,3)4)27-28(18)20-24-16-7-5-6-15(16)19(29)26-20/h8-12H,5-7H2,1-4H3,(H2,23,25,30)(H,24,26,29). The van der Waals surface area contributed by atoms with Crippen molar-refractivity contribution in [1.82, 2.24) is 19.7 Å². The van der Waals surface area contributed by atoms with Crippen LogP contribution < -0.4 is 16.2 Å². The van der Waals surface area contributed by atoms with Crippen LogP contribution in [0.4, 0.5) is 16.3 Å². The summed E-state index contributed by atoms with van der Waals surface area (Å²) in [5.41, 5.74) is 3.73. The molecule has 8 heteroatoms. The fourth-order valence-corrected chi connectivity index (χ4v) is 3.44. The van der Waals surface area contributed by atoms with Crippen molar-refractivity contribution >= 4 is 17.5 Å². The van der Waals surface area contributed by atoms with Crippen LogP contribution in [0.2, 0.25) is 0 Å². The molecule has 1 aliphatic rings. The minimum Gasteiger partial charge on any atom is -0.308 e. The number of carbonyl (C=O) groups is 1. The predicted octanol–water partition coefficient (Wildman–Crippen LogP) is 3.69. The van der Waals surface area contributed by atoms with Crippen molar-refractivity contribution in [2.45, 2.75) is 52.4 Å². The Hall–Kier alpha value is -3.42. The summed E-state index contributed by atoms with van der Waals surface area (Å²) in [6, 6.07) is 8.94. The Morgan fingerprint density at radius 2 is 1.87 bits per heavy atom. The second kappa shape index (κ2) is 7.44. The molecule has 2 heterocycles. The van der Waals surface area contributed by atoms with Crippen LogP contribution in [0.25, 0.3) is 5.95 Å². The zero-order valence-electron chi connectivity index (χ0n) is 17.7. The van der Waals surface area contributed by atoms with Gasteiger partial charge in [0, 0.05) is 22.7 Å². The summed E-state index contributed by atoms with van der Waals surface area (Å²) in [6.45, 7) is 8.10. The zero-order chi connectivity index (χ0) is 21.5. The highest BCUT2D eigenvalue weighted by Gasteiger charge is 2.24. The van der Waals surface area contributed by atoms with E-state index >= 15 is 0 Å². The number of urea groups is 1. The number of aryl methyl sites for hydroxylation is 2. The van der Waals surface area contributed by atoms with Crippen molar-refractivity contribution in [3.8, 4) is 5.95 Å². The molecule has 3 N–H and O–H groups in total. The number of anilines is 2. The maximum atomic E-state index is 12.6. The Bertz CT molecular complexity index is 1150. The molecular weight excluding hydrogens is 380 g/mol. The molecule has 30 heavy (non-hydrogen) atoms.